The molecule has 1 aromatic rings. The van der Waals surface area contributed by atoms with E-state index in [-0.39, 0.29) is 11.6 Å². The monoisotopic (exact) mass is 292 g/mol. The number of nitrogens with two attached hydrogens (primary N) is 1. The summed E-state index contributed by atoms with van der Waals surface area (Å²) in [6, 6.07) is 1.88. The average molecular weight is 292 g/mol. The summed E-state index contributed by atoms with van der Waals surface area (Å²) in [7, 11) is 1.61. The number of hydrogen-bond donors (Lipinski definition) is 2. The van der Waals surface area contributed by atoms with Gasteiger partial charge in [-0.05, 0) is 31.6 Å². The number of methoxy groups -OCH3 is 1. The summed E-state index contributed by atoms with van der Waals surface area (Å²) in [4.78, 5) is 8.44. The third kappa shape index (κ3) is 3.02. The van der Waals surface area contributed by atoms with Crippen LogP contribution in [0.2, 0.25) is 0 Å². The molecule has 116 valence electrons. The first-order valence-electron chi connectivity index (χ1n) is 7.72. The zero-order valence-electron chi connectivity index (χ0n) is 12.5. The Bertz CT molecular complexity index is 476. The minimum atomic E-state index is 0.0169. The highest BCUT2D eigenvalue weighted by molar-refractivity contribution is 5.17. The molecule has 21 heavy (non-hydrogen) atoms. The van der Waals surface area contributed by atoms with Gasteiger partial charge in [0.1, 0.15) is 6.33 Å². The Hall–Kier alpha value is -1.24. The standard InChI is InChI=1S/C15H24N4O2/c1-20-13-8-12(17-10-18-13)14(19-16)11-4-7-21-15(9-11)5-2-3-6-15/h8,10-11,14,19H,2-7,9,16H2,1H3. The fourth-order valence-corrected chi connectivity index (χ4v) is 3.82. The van der Waals surface area contributed by atoms with E-state index >= 15 is 0 Å². The first-order valence-corrected chi connectivity index (χ1v) is 7.72. The van der Waals surface area contributed by atoms with Gasteiger partial charge in [-0.3, -0.25) is 11.3 Å². The first kappa shape index (κ1) is 14.7. The van der Waals surface area contributed by atoms with Gasteiger partial charge >= 0.3 is 0 Å². The second-order valence-corrected chi connectivity index (χ2v) is 6.12. The van der Waals surface area contributed by atoms with Crippen LogP contribution in [0.25, 0.3) is 0 Å². The van der Waals surface area contributed by atoms with Crippen LogP contribution in [-0.2, 0) is 4.74 Å². The van der Waals surface area contributed by atoms with Crippen LogP contribution in [0.3, 0.4) is 0 Å². The van der Waals surface area contributed by atoms with Crippen molar-refractivity contribution in [3.05, 3.63) is 18.1 Å². The van der Waals surface area contributed by atoms with Crippen LogP contribution in [0.1, 0.15) is 50.3 Å². The summed E-state index contributed by atoms with van der Waals surface area (Å²) >= 11 is 0. The van der Waals surface area contributed by atoms with Gasteiger partial charge in [0.25, 0.3) is 0 Å². The van der Waals surface area contributed by atoms with Gasteiger partial charge in [0.2, 0.25) is 5.88 Å². The zero-order valence-corrected chi connectivity index (χ0v) is 12.5. The Morgan fingerprint density at radius 1 is 1.43 bits per heavy atom. The summed E-state index contributed by atoms with van der Waals surface area (Å²) in [5, 5.41) is 0. The number of aromatic nitrogens is 2. The van der Waals surface area contributed by atoms with E-state index in [0.717, 1.165) is 25.1 Å². The van der Waals surface area contributed by atoms with Crippen LogP contribution in [0.5, 0.6) is 5.88 Å². The van der Waals surface area contributed by atoms with Gasteiger partial charge in [-0.2, -0.15) is 0 Å². The van der Waals surface area contributed by atoms with Gasteiger partial charge in [0.05, 0.1) is 24.4 Å². The Labute approximate surface area is 125 Å². The molecule has 1 spiro atoms. The summed E-state index contributed by atoms with van der Waals surface area (Å²) in [6.07, 6.45) is 8.48. The average Bonchev–Trinajstić information content (AvgIpc) is 2.96. The molecule has 2 fully saturated rings. The van der Waals surface area contributed by atoms with Gasteiger partial charge in [0, 0.05) is 12.7 Å². The number of nitrogens with zero attached hydrogens (tertiary/aromatic N) is 2. The van der Waals surface area contributed by atoms with Gasteiger partial charge < -0.3 is 9.47 Å². The number of hydrogen-bond acceptors (Lipinski definition) is 6. The minimum absolute atomic E-state index is 0.0169. The lowest BCUT2D eigenvalue weighted by atomic mass is 9.80. The molecule has 0 bridgehead atoms. The van der Waals surface area contributed by atoms with Crippen LogP contribution in [0.4, 0.5) is 0 Å². The molecule has 1 saturated carbocycles. The van der Waals surface area contributed by atoms with Crippen LogP contribution in [0.15, 0.2) is 12.4 Å². The van der Waals surface area contributed by atoms with E-state index in [9.17, 15) is 0 Å². The van der Waals surface area contributed by atoms with Gasteiger partial charge in [0.15, 0.2) is 0 Å². The number of hydrazine groups is 1. The lowest BCUT2D eigenvalue weighted by Crippen LogP contribution is -2.43. The highest BCUT2D eigenvalue weighted by Crippen LogP contribution is 2.45. The lowest BCUT2D eigenvalue weighted by Gasteiger charge is -2.41. The van der Waals surface area contributed by atoms with E-state index in [1.807, 2.05) is 6.07 Å². The summed E-state index contributed by atoms with van der Waals surface area (Å²) in [6.45, 7) is 0.811. The maximum atomic E-state index is 6.11. The molecular weight excluding hydrogens is 268 g/mol. The summed E-state index contributed by atoms with van der Waals surface area (Å²) in [5.41, 5.74) is 3.92. The molecule has 2 heterocycles. The third-order valence-electron chi connectivity index (χ3n) is 4.89. The zero-order chi connectivity index (χ0) is 14.7. The van der Waals surface area contributed by atoms with Gasteiger partial charge in [-0.15, -0.1) is 0 Å². The maximum Gasteiger partial charge on any atom is 0.216 e. The van der Waals surface area contributed by atoms with Crippen LogP contribution in [0, 0.1) is 5.92 Å². The highest BCUT2D eigenvalue weighted by atomic mass is 16.5. The van der Waals surface area contributed by atoms with E-state index in [2.05, 4.69) is 15.4 Å². The molecule has 2 atom stereocenters. The van der Waals surface area contributed by atoms with Crippen molar-refractivity contribution >= 4 is 0 Å². The molecule has 1 saturated heterocycles. The Kier molecular flexibility index (Phi) is 4.37. The van der Waals surface area contributed by atoms with Gasteiger partial charge in [-0.1, -0.05) is 12.8 Å². The predicted octanol–water partition coefficient (Wildman–Crippen LogP) is 1.73. The smallest absolute Gasteiger partial charge is 0.216 e. The second-order valence-electron chi connectivity index (χ2n) is 6.12. The SMILES string of the molecule is COc1cc(C(NN)C2CCOC3(CCCC3)C2)ncn1. The largest absolute Gasteiger partial charge is 0.481 e. The normalized spacial score (nSPS) is 25.9. The summed E-state index contributed by atoms with van der Waals surface area (Å²) in [5.74, 6) is 6.83. The Morgan fingerprint density at radius 3 is 2.95 bits per heavy atom. The Morgan fingerprint density at radius 2 is 2.24 bits per heavy atom. The molecule has 6 nitrogen and oxygen atoms in total. The van der Waals surface area contributed by atoms with Crippen LogP contribution < -0.4 is 16.0 Å². The lowest BCUT2D eigenvalue weighted by molar-refractivity contribution is -0.0984. The van der Waals surface area contributed by atoms with E-state index < -0.39 is 0 Å². The first-order chi connectivity index (χ1) is 10.3. The minimum Gasteiger partial charge on any atom is -0.481 e. The number of ether oxygens (including phenoxy) is 2. The molecule has 1 aromatic heterocycles. The topological polar surface area (TPSA) is 82.3 Å². The van der Waals surface area contributed by atoms with Crippen molar-refractivity contribution in [1.82, 2.24) is 15.4 Å². The number of rotatable bonds is 4. The molecule has 1 aliphatic carbocycles. The van der Waals surface area contributed by atoms with E-state index in [4.69, 9.17) is 15.3 Å². The van der Waals surface area contributed by atoms with Crippen molar-refractivity contribution < 1.29 is 9.47 Å². The van der Waals surface area contributed by atoms with Crippen molar-refractivity contribution in [2.75, 3.05) is 13.7 Å². The summed E-state index contributed by atoms with van der Waals surface area (Å²) < 4.78 is 11.3. The van der Waals surface area contributed by atoms with Crippen molar-refractivity contribution in [3.63, 3.8) is 0 Å². The van der Waals surface area contributed by atoms with Crippen molar-refractivity contribution in [2.45, 2.75) is 50.2 Å². The second kappa shape index (κ2) is 6.25. The predicted molar refractivity (Wildman–Crippen MR) is 78.5 cm³/mol. The molecule has 1 aliphatic heterocycles. The van der Waals surface area contributed by atoms with Gasteiger partial charge in [-0.25, -0.2) is 9.97 Å². The molecular formula is C15H24N4O2. The maximum absolute atomic E-state index is 6.11. The highest BCUT2D eigenvalue weighted by Gasteiger charge is 2.42. The van der Waals surface area contributed by atoms with E-state index in [1.54, 1.807) is 7.11 Å². The fourth-order valence-electron chi connectivity index (χ4n) is 3.82. The Balaban J connectivity index is 1.78. The molecule has 3 rings (SSSR count). The van der Waals surface area contributed by atoms with Crippen molar-refractivity contribution in [2.24, 2.45) is 11.8 Å². The van der Waals surface area contributed by atoms with Crippen molar-refractivity contribution in [3.8, 4) is 5.88 Å². The molecule has 0 aromatic carbocycles. The molecule has 0 radical (unpaired) electrons. The van der Waals surface area contributed by atoms with E-state index in [1.165, 1.54) is 32.0 Å². The molecule has 2 aliphatic rings. The molecule has 6 heteroatoms. The van der Waals surface area contributed by atoms with E-state index in [0.29, 0.717) is 11.8 Å². The molecule has 0 amide bonds. The van der Waals surface area contributed by atoms with Crippen molar-refractivity contribution in [1.29, 1.82) is 0 Å². The third-order valence-corrected chi connectivity index (χ3v) is 4.89. The molecule has 3 N–H and O–H groups in total. The molecule has 2 unspecified atom stereocenters. The fraction of sp³-hybridized carbons (Fsp3) is 0.733. The van der Waals surface area contributed by atoms with Crippen LogP contribution in [-0.4, -0.2) is 29.3 Å². The number of nitrogens with one attached hydrogen (secondary N) is 1. The quantitative estimate of drug-likeness (QED) is 0.649. The van der Waals surface area contributed by atoms with Crippen LogP contribution >= 0.6 is 0 Å².